The van der Waals surface area contributed by atoms with Crippen LogP contribution in [0.25, 0.3) is 0 Å². The highest BCUT2D eigenvalue weighted by Crippen LogP contribution is 2.30. The summed E-state index contributed by atoms with van der Waals surface area (Å²) >= 11 is 0. The van der Waals surface area contributed by atoms with Crippen LogP contribution in [0.15, 0.2) is 0 Å². The fourth-order valence-corrected chi connectivity index (χ4v) is 2.45. The Kier molecular flexibility index (Phi) is 3.86. The van der Waals surface area contributed by atoms with Crippen molar-refractivity contribution in [3.05, 3.63) is 0 Å². The van der Waals surface area contributed by atoms with Crippen LogP contribution in [0.4, 0.5) is 17.8 Å². The average molecular weight is 278 g/mol. The minimum atomic E-state index is 0.602. The molecule has 1 aromatic rings. The summed E-state index contributed by atoms with van der Waals surface area (Å²) in [5.41, 5.74) is 0. The smallest absolute Gasteiger partial charge is 0.232 e. The topological polar surface area (TPSA) is 66.4 Å². The van der Waals surface area contributed by atoms with E-state index in [0.717, 1.165) is 44.7 Å². The minimum Gasteiger partial charge on any atom is -0.378 e. The van der Waals surface area contributed by atoms with Gasteiger partial charge < -0.3 is 19.9 Å². The molecule has 3 rings (SSSR count). The molecule has 0 aromatic carbocycles. The maximum Gasteiger partial charge on any atom is 0.232 e. The van der Waals surface area contributed by atoms with E-state index < -0.39 is 0 Å². The number of hydrogen-bond donors (Lipinski definition) is 1. The molecule has 0 unspecified atom stereocenters. The Morgan fingerprint density at radius 2 is 2.00 bits per heavy atom. The molecular weight excluding hydrogens is 256 g/mol. The molecule has 0 spiro atoms. The average Bonchev–Trinajstić information content (AvgIpc) is 3.33. The van der Waals surface area contributed by atoms with Crippen LogP contribution < -0.4 is 15.1 Å². The minimum absolute atomic E-state index is 0.602. The third-order valence-electron chi connectivity index (χ3n) is 3.71. The lowest BCUT2D eigenvalue weighted by molar-refractivity contribution is 0.122. The highest BCUT2D eigenvalue weighted by Gasteiger charge is 2.30. The van der Waals surface area contributed by atoms with Crippen molar-refractivity contribution in [2.75, 3.05) is 55.0 Å². The predicted molar refractivity (Wildman–Crippen MR) is 78.4 cm³/mol. The van der Waals surface area contributed by atoms with Crippen molar-refractivity contribution in [1.29, 1.82) is 0 Å². The van der Waals surface area contributed by atoms with E-state index in [1.807, 2.05) is 7.05 Å². The molecule has 0 atom stereocenters. The van der Waals surface area contributed by atoms with Gasteiger partial charge in [0.1, 0.15) is 0 Å². The molecule has 1 aliphatic heterocycles. The Morgan fingerprint density at radius 1 is 1.25 bits per heavy atom. The predicted octanol–water partition coefficient (Wildman–Crippen LogP) is 0.739. The number of nitrogens with one attached hydrogen (secondary N) is 1. The Bertz CT molecular complexity index is 458. The Labute approximate surface area is 119 Å². The van der Waals surface area contributed by atoms with Crippen LogP contribution in [0.3, 0.4) is 0 Å². The van der Waals surface area contributed by atoms with E-state index in [9.17, 15) is 0 Å². The van der Waals surface area contributed by atoms with Gasteiger partial charge >= 0.3 is 0 Å². The maximum atomic E-state index is 5.39. The summed E-state index contributed by atoms with van der Waals surface area (Å²) in [5, 5.41) is 3.04. The van der Waals surface area contributed by atoms with Crippen molar-refractivity contribution in [3.8, 4) is 0 Å². The van der Waals surface area contributed by atoms with Gasteiger partial charge in [-0.25, -0.2) is 0 Å². The molecule has 1 aromatic heterocycles. The number of rotatable bonds is 5. The first kappa shape index (κ1) is 13.4. The van der Waals surface area contributed by atoms with Crippen LogP contribution in [0, 0.1) is 0 Å². The fourth-order valence-electron chi connectivity index (χ4n) is 2.45. The second kappa shape index (κ2) is 5.78. The van der Waals surface area contributed by atoms with Crippen LogP contribution in [0.1, 0.15) is 19.8 Å². The molecule has 2 fully saturated rings. The molecule has 2 aliphatic rings. The summed E-state index contributed by atoms with van der Waals surface area (Å²) in [6, 6.07) is 0.602. The monoisotopic (exact) mass is 278 g/mol. The summed E-state index contributed by atoms with van der Waals surface area (Å²) in [6.45, 7) is 6.21. The van der Waals surface area contributed by atoms with Gasteiger partial charge in [0.2, 0.25) is 17.8 Å². The van der Waals surface area contributed by atoms with Crippen molar-refractivity contribution in [2.45, 2.75) is 25.8 Å². The lowest BCUT2D eigenvalue weighted by atomic mass is 10.4. The maximum absolute atomic E-state index is 5.39. The molecule has 1 saturated carbocycles. The Hall–Kier alpha value is -1.63. The molecule has 7 nitrogen and oxygen atoms in total. The Morgan fingerprint density at radius 3 is 2.60 bits per heavy atom. The number of morpholine rings is 1. The van der Waals surface area contributed by atoms with Gasteiger partial charge in [-0.15, -0.1) is 0 Å². The largest absolute Gasteiger partial charge is 0.378 e. The van der Waals surface area contributed by atoms with Crippen molar-refractivity contribution < 1.29 is 4.74 Å². The van der Waals surface area contributed by atoms with Gasteiger partial charge in [-0.1, -0.05) is 0 Å². The first-order chi connectivity index (χ1) is 9.81. The zero-order valence-corrected chi connectivity index (χ0v) is 12.2. The zero-order chi connectivity index (χ0) is 13.9. The summed E-state index contributed by atoms with van der Waals surface area (Å²) in [5.74, 6) is 2.17. The van der Waals surface area contributed by atoms with Gasteiger partial charge in [-0.05, 0) is 19.8 Å². The molecule has 0 amide bonds. The molecular formula is C13H22N6O. The second-order valence-corrected chi connectivity index (χ2v) is 5.13. The summed E-state index contributed by atoms with van der Waals surface area (Å²) in [4.78, 5) is 18.1. The quantitative estimate of drug-likeness (QED) is 0.852. The molecule has 2 heterocycles. The zero-order valence-electron chi connectivity index (χ0n) is 12.2. The SMILES string of the molecule is CCN(c1nc(NC)nc(N2CCOCC2)n1)C1CC1. The van der Waals surface area contributed by atoms with Crippen molar-refractivity contribution in [3.63, 3.8) is 0 Å². The van der Waals surface area contributed by atoms with Crippen LogP contribution in [0.2, 0.25) is 0 Å². The highest BCUT2D eigenvalue weighted by atomic mass is 16.5. The van der Waals surface area contributed by atoms with E-state index >= 15 is 0 Å². The third kappa shape index (κ3) is 2.77. The van der Waals surface area contributed by atoms with Crippen LogP contribution in [-0.2, 0) is 4.74 Å². The van der Waals surface area contributed by atoms with E-state index in [0.29, 0.717) is 12.0 Å². The van der Waals surface area contributed by atoms with Crippen molar-refractivity contribution >= 4 is 17.8 Å². The van der Waals surface area contributed by atoms with Gasteiger partial charge in [0.25, 0.3) is 0 Å². The van der Waals surface area contributed by atoms with Gasteiger partial charge in [-0.2, -0.15) is 15.0 Å². The first-order valence-electron chi connectivity index (χ1n) is 7.35. The van der Waals surface area contributed by atoms with E-state index in [1.165, 1.54) is 12.8 Å². The lowest BCUT2D eigenvalue weighted by Crippen LogP contribution is -2.38. The molecule has 110 valence electrons. The highest BCUT2D eigenvalue weighted by molar-refractivity contribution is 5.46. The number of ether oxygens (including phenoxy) is 1. The molecule has 1 aliphatic carbocycles. The molecule has 0 bridgehead atoms. The van der Waals surface area contributed by atoms with E-state index in [1.54, 1.807) is 0 Å². The van der Waals surface area contributed by atoms with Gasteiger partial charge in [0.15, 0.2) is 0 Å². The number of nitrogens with zero attached hydrogens (tertiary/aromatic N) is 5. The van der Waals surface area contributed by atoms with Crippen LogP contribution >= 0.6 is 0 Å². The molecule has 1 N–H and O–H groups in total. The van der Waals surface area contributed by atoms with Gasteiger partial charge in [0.05, 0.1) is 13.2 Å². The van der Waals surface area contributed by atoms with Crippen LogP contribution in [0.5, 0.6) is 0 Å². The van der Waals surface area contributed by atoms with Crippen molar-refractivity contribution in [1.82, 2.24) is 15.0 Å². The second-order valence-electron chi connectivity index (χ2n) is 5.13. The number of anilines is 3. The summed E-state index contributed by atoms with van der Waals surface area (Å²) in [6.07, 6.45) is 2.47. The summed E-state index contributed by atoms with van der Waals surface area (Å²) in [7, 11) is 1.84. The number of hydrogen-bond acceptors (Lipinski definition) is 7. The van der Waals surface area contributed by atoms with Gasteiger partial charge in [-0.3, -0.25) is 0 Å². The molecule has 0 radical (unpaired) electrons. The number of aromatic nitrogens is 3. The van der Waals surface area contributed by atoms with Gasteiger partial charge in [0, 0.05) is 32.7 Å². The first-order valence-corrected chi connectivity index (χ1v) is 7.35. The fraction of sp³-hybridized carbons (Fsp3) is 0.769. The molecule has 7 heteroatoms. The lowest BCUT2D eigenvalue weighted by Gasteiger charge is -2.28. The van der Waals surface area contributed by atoms with Crippen molar-refractivity contribution in [2.24, 2.45) is 0 Å². The third-order valence-corrected chi connectivity index (χ3v) is 3.71. The van der Waals surface area contributed by atoms with Crippen LogP contribution in [-0.4, -0.2) is 60.9 Å². The van der Waals surface area contributed by atoms with E-state index in [-0.39, 0.29) is 0 Å². The summed E-state index contributed by atoms with van der Waals surface area (Å²) < 4.78 is 5.39. The van der Waals surface area contributed by atoms with E-state index in [4.69, 9.17) is 4.74 Å². The Balaban J connectivity index is 1.88. The van der Waals surface area contributed by atoms with E-state index in [2.05, 4.69) is 37.0 Å². The molecule has 20 heavy (non-hydrogen) atoms. The standard InChI is InChI=1S/C13H22N6O/c1-3-19(10-4-5-10)13-16-11(14-2)15-12(17-13)18-6-8-20-9-7-18/h10H,3-9H2,1-2H3,(H,14,15,16,17). The normalized spacial score (nSPS) is 19.0. The molecule has 1 saturated heterocycles.